The minimum Gasteiger partial charge on any atom is -0.497 e. The molecule has 40 heavy (non-hydrogen) atoms. The van der Waals surface area contributed by atoms with E-state index in [0.717, 1.165) is 15.4 Å². The van der Waals surface area contributed by atoms with E-state index in [4.69, 9.17) is 9.47 Å². The van der Waals surface area contributed by atoms with E-state index in [9.17, 15) is 18.0 Å². The van der Waals surface area contributed by atoms with E-state index in [2.05, 4.69) is 5.32 Å². The summed E-state index contributed by atoms with van der Waals surface area (Å²) in [5.74, 6) is 0.299. The van der Waals surface area contributed by atoms with Gasteiger partial charge in [0.2, 0.25) is 11.8 Å². The minimum absolute atomic E-state index is 0.0109. The maximum atomic E-state index is 14.0. The molecule has 9 nitrogen and oxygen atoms in total. The third-order valence-electron chi connectivity index (χ3n) is 6.47. The number of anilines is 1. The zero-order valence-electron chi connectivity index (χ0n) is 23.6. The summed E-state index contributed by atoms with van der Waals surface area (Å²) in [5.41, 5.74) is 2.02. The van der Waals surface area contributed by atoms with Crippen molar-refractivity contribution >= 4 is 27.5 Å². The summed E-state index contributed by atoms with van der Waals surface area (Å²) in [7, 11) is -1.11. The van der Waals surface area contributed by atoms with Crippen LogP contribution in [-0.4, -0.2) is 58.5 Å². The molecule has 0 saturated heterocycles. The van der Waals surface area contributed by atoms with Gasteiger partial charge in [-0.2, -0.15) is 0 Å². The fourth-order valence-corrected chi connectivity index (χ4v) is 5.71. The number of likely N-dealkylation sites (N-methyl/N-ethyl adjacent to an activating group) is 1. The summed E-state index contributed by atoms with van der Waals surface area (Å²) < 4.78 is 39.4. The van der Waals surface area contributed by atoms with Crippen LogP contribution in [0.4, 0.5) is 5.69 Å². The van der Waals surface area contributed by atoms with E-state index in [-0.39, 0.29) is 17.3 Å². The van der Waals surface area contributed by atoms with Gasteiger partial charge in [-0.15, -0.1) is 0 Å². The van der Waals surface area contributed by atoms with E-state index in [1.54, 1.807) is 68.6 Å². The Morgan fingerprint density at radius 2 is 1.55 bits per heavy atom. The number of aryl methyl sites for hydroxylation is 1. The molecule has 0 saturated carbocycles. The second kappa shape index (κ2) is 13.8. The molecule has 0 aromatic heterocycles. The highest BCUT2D eigenvalue weighted by atomic mass is 32.2. The van der Waals surface area contributed by atoms with E-state index in [0.29, 0.717) is 30.2 Å². The molecule has 1 atom stereocenters. The fourth-order valence-electron chi connectivity index (χ4n) is 4.29. The number of carbonyl (C=O) groups is 2. The van der Waals surface area contributed by atoms with Crippen LogP contribution < -0.4 is 19.1 Å². The Bertz CT molecular complexity index is 1390. The number of hydrogen-bond donors (Lipinski definition) is 1. The minimum atomic E-state index is -4.16. The number of rotatable bonds is 13. The molecule has 0 aliphatic heterocycles. The Balaban J connectivity index is 2.06. The number of hydrogen-bond acceptors (Lipinski definition) is 6. The number of ether oxygens (including phenoxy) is 2. The second-order valence-electron chi connectivity index (χ2n) is 9.21. The first-order valence-corrected chi connectivity index (χ1v) is 14.5. The summed E-state index contributed by atoms with van der Waals surface area (Å²) in [6, 6.07) is 19.3. The zero-order valence-corrected chi connectivity index (χ0v) is 24.4. The number of benzene rings is 3. The SMILES string of the molecule is CCNC(=O)[C@H](CC)N(Cc1cccc(OC)c1)C(=O)CN(c1ccc(C)cc1)S(=O)(=O)c1ccc(OC)cc1. The van der Waals surface area contributed by atoms with Gasteiger partial charge in [-0.05, 0) is 74.4 Å². The Kier molecular flexibility index (Phi) is 10.6. The van der Waals surface area contributed by atoms with Crippen LogP contribution in [0.2, 0.25) is 0 Å². The largest absolute Gasteiger partial charge is 0.497 e. The van der Waals surface area contributed by atoms with Crippen molar-refractivity contribution in [3.8, 4) is 11.5 Å². The summed E-state index contributed by atoms with van der Waals surface area (Å²) in [5, 5.41) is 2.80. The van der Waals surface area contributed by atoms with Crippen LogP contribution in [0, 0.1) is 6.92 Å². The van der Waals surface area contributed by atoms with Crippen molar-refractivity contribution in [1.29, 1.82) is 0 Å². The zero-order chi connectivity index (χ0) is 29.3. The third kappa shape index (κ3) is 7.32. The summed E-state index contributed by atoms with van der Waals surface area (Å²) >= 11 is 0. The molecule has 10 heteroatoms. The maximum absolute atomic E-state index is 14.0. The molecule has 3 rings (SSSR count). The van der Waals surface area contributed by atoms with Crippen LogP contribution in [-0.2, 0) is 26.2 Å². The van der Waals surface area contributed by atoms with Crippen molar-refractivity contribution in [2.45, 2.75) is 44.7 Å². The predicted molar refractivity (Wildman–Crippen MR) is 155 cm³/mol. The normalized spacial score (nSPS) is 11.8. The van der Waals surface area contributed by atoms with E-state index < -0.39 is 28.5 Å². The Labute approximate surface area is 236 Å². The van der Waals surface area contributed by atoms with Gasteiger partial charge in [0.15, 0.2) is 0 Å². The van der Waals surface area contributed by atoms with Gasteiger partial charge in [-0.3, -0.25) is 13.9 Å². The number of nitrogens with zero attached hydrogens (tertiary/aromatic N) is 2. The van der Waals surface area contributed by atoms with Crippen molar-refractivity contribution in [2.24, 2.45) is 0 Å². The first-order chi connectivity index (χ1) is 19.1. The highest BCUT2D eigenvalue weighted by Gasteiger charge is 2.33. The lowest BCUT2D eigenvalue weighted by Crippen LogP contribution is -2.52. The highest BCUT2D eigenvalue weighted by molar-refractivity contribution is 7.92. The van der Waals surface area contributed by atoms with Crippen molar-refractivity contribution < 1.29 is 27.5 Å². The lowest BCUT2D eigenvalue weighted by molar-refractivity contribution is -0.140. The number of methoxy groups -OCH3 is 2. The summed E-state index contributed by atoms with van der Waals surface area (Å²) in [6.07, 6.45) is 0.345. The molecule has 0 unspecified atom stereocenters. The number of carbonyl (C=O) groups excluding carboxylic acids is 2. The smallest absolute Gasteiger partial charge is 0.264 e. The third-order valence-corrected chi connectivity index (χ3v) is 8.26. The van der Waals surface area contributed by atoms with Gasteiger partial charge in [0.05, 0.1) is 24.8 Å². The molecule has 0 spiro atoms. The van der Waals surface area contributed by atoms with Crippen molar-refractivity contribution in [2.75, 3.05) is 31.6 Å². The molecule has 3 aromatic rings. The number of sulfonamides is 1. The molecule has 214 valence electrons. The molecule has 0 fully saturated rings. The van der Waals surface area contributed by atoms with Gasteiger partial charge in [-0.25, -0.2) is 8.42 Å². The van der Waals surface area contributed by atoms with Gasteiger partial charge in [-0.1, -0.05) is 36.8 Å². The molecule has 0 heterocycles. The molecule has 3 aromatic carbocycles. The van der Waals surface area contributed by atoms with Gasteiger partial charge in [0.1, 0.15) is 24.1 Å². The molecule has 1 N–H and O–H groups in total. The quantitative estimate of drug-likeness (QED) is 0.333. The predicted octanol–water partition coefficient (Wildman–Crippen LogP) is 4.15. The summed E-state index contributed by atoms with van der Waals surface area (Å²) in [4.78, 5) is 28.5. The Hall–Kier alpha value is -4.05. The van der Waals surface area contributed by atoms with Crippen LogP contribution in [0.3, 0.4) is 0 Å². The first-order valence-electron chi connectivity index (χ1n) is 13.1. The van der Waals surface area contributed by atoms with Crippen molar-refractivity contribution in [1.82, 2.24) is 10.2 Å². The number of nitrogens with one attached hydrogen (secondary N) is 1. The van der Waals surface area contributed by atoms with Crippen molar-refractivity contribution in [3.05, 3.63) is 83.9 Å². The van der Waals surface area contributed by atoms with E-state index in [1.807, 2.05) is 19.9 Å². The molecule has 0 aliphatic rings. The molecule has 0 bridgehead atoms. The van der Waals surface area contributed by atoms with Gasteiger partial charge in [0.25, 0.3) is 10.0 Å². The van der Waals surface area contributed by atoms with Crippen LogP contribution in [0.15, 0.2) is 77.7 Å². The first kappa shape index (κ1) is 30.5. The van der Waals surface area contributed by atoms with Crippen LogP contribution in [0.5, 0.6) is 11.5 Å². The fraction of sp³-hybridized carbons (Fsp3) is 0.333. The Morgan fingerprint density at radius 1 is 0.900 bits per heavy atom. The van der Waals surface area contributed by atoms with Crippen LogP contribution >= 0.6 is 0 Å². The molecule has 0 radical (unpaired) electrons. The van der Waals surface area contributed by atoms with Crippen molar-refractivity contribution in [3.63, 3.8) is 0 Å². The standard InChI is InChI=1S/C30H37N3O6S/c1-6-28(30(35)31-7-2)32(20-23-9-8-10-26(19-23)39-5)29(34)21-33(24-13-11-22(3)12-14-24)40(36,37)27-17-15-25(38-4)16-18-27/h8-19,28H,6-7,20-21H2,1-5H3,(H,31,35)/t28-/m0/s1. The second-order valence-corrected chi connectivity index (χ2v) is 11.1. The highest BCUT2D eigenvalue weighted by Crippen LogP contribution is 2.27. The van der Waals surface area contributed by atoms with E-state index in [1.165, 1.54) is 24.1 Å². The molecular weight excluding hydrogens is 530 g/mol. The van der Waals surface area contributed by atoms with Gasteiger partial charge in [0, 0.05) is 13.1 Å². The lowest BCUT2D eigenvalue weighted by Gasteiger charge is -2.33. The van der Waals surface area contributed by atoms with Crippen LogP contribution in [0.1, 0.15) is 31.4 Å². The lowest BCUT2D eigenvalue weighted by atomic mass is 10.1. The van der Waals surface area contributed by atoms with Gasteiger partial charge >= 0.3 is 0 Å². The molecule has 0 aliphatic carbocycles. The molecular formula is C30H37N3O6S. The summed E-state index contributed by atoms with van der Waals surface area (Å²) in [6.45, 7) is 5.51. The topological polar surface area (TPSA) is 105 Å². The average molecular weight is 568 g/mol. The molecule has 2 amide bonds. The van der Waals surface area contributed by atoms with E-state index >= 15 is 0 Å². The monoisotopic (exact) mass is 567 g/mol. The van der Waals surface area contributed by atoms with Crippen LogP contribution in [0.25, 0.3) is 0 Å². The van der Waals surface area contributed by atoms with Gasteiger partial charge < -0.3 is 19.7 Å². The maximum Gasteiger partial charge on any atom is 0.264 e. The average Bonchev–Trinajstić information content (AvgIpc) is 2.96. The Morgan fingerprint density at radius 3 is 2.12 bits per heavy atom. The number of amides is 2.